The average Bonchev–Trinajstić information content (AvgIpc) is 1.83. The van der Waals surface area contributed by atoms with Crippen LogP contribution in [0.3, 0.4) is 0 Å². The van der Waals surface area contributed by atoms with Crippen molar-refractivity contribution in [2.75, 3.05) is 0 Å². The topological polar surface area (TPSA) is 39.7 Å². The monoisotopic (exact) mass is 472 g/mol. The third-order valence-corrected chi connectivity index (χ3v) is 13.5. The molecule has 1 N–H and O–H groups in total. The van der Waals surface area contributed by atoms with Gasteiger partial charge in [0.25, 0.3) is 0 Å². The molecular formula is C16H37NO3Ta. The molecule has 0 saturated carbocycles. The molecule has 0 saturated heterocycles. The van der Waals surface area contributed by atoms with Gasteiger partial charge in [-0.3, -0.25) is 0 Å². The van der Waals surface area contributed by atoms with Crippen LogP contribution in [0, 0.1) is 0 Å². The molecular weight excluding hydrogens is 435 g/mol. The summed E-state index contributed by atoms with van der Waals surface area (Å²) in [6, 6.07) is 0. The molecule has 0 amide bonds. The van der Waals surface area contributed by atoms with E-state index in [2.05, 4.69) is 24.5 Å². The zero-order valence-corrected chi connectivity index (χ0v) is 19.4. The summed E-state index contributed by atoms with van der Waals surface area (Å²) in [5, 5.41) is 0. The van der Waals surface area contributed by atoms with Crippen molar-refractivity contribution >= 4 is 0 Å². The van der Waals surface area contributed by atoms with Gasteiger partial charge in [0, 0.05) is 0 Å². The van der Waals surface area contributed by atoms with Gasteiger partial charge in [0.05, 0.1) is 0 Å². The number of nitrogens with one attached hydrogen (secondary N) is 1. The Morgan fingerprint density at radius 3 is 0.905 bits per heavy atom. The molecule has 0 aliphatic carbocycles. The fourth-order valence-corrected chi connectivity index (χ4v) is 13.2. The molecule has 0 aliphatic rings. The molecule has 0 rings (SSSR count). The Balaban J connectivity index is 5.70. The van der Waals surface area contributed by atoms with E-state index in [0.29, 0.717) is 0 Å². The molecule has 0 atom stereocenters. The van der Waals surface area contributed by atoms with Crippen molar-refractivity contribution in [2.24, 2.45) is 0 Å². The maximum absolute atomic E-state index is 6.41. The Bertz CT molecular complexity index is 260. The van der Waals surface area contributed by atoms with E-state index in [-0.39, 0.29) is 22.3 Å². The van der Waals surface area contributed by atoms with Crippen molar-refractivity contribution in [3.8, 4) is 0 Å². The van der Waals surface area contributed by atoms with Crippen LogP contribution in [0.25, 0.3) is 0 Å². The zero-order valence-electron chi connectivity index (χ0n) is 16.2. The Kier molecular flexibility index (Phi) is 6.78. The van der Waals surface area contributed by atoms with Gasteiger partial charge in [0.15, 0.2) is 0 Å². The van der Waals surface area contributed by atoms with Gasteiger partial charge in [0.1, 0.15) is 0 Å². The SMILES string of the molecule is CC(C)(C)[NH][Ta]([O]C(C)(C)C)([O]C(C)(C)C)[O]C(C)(C)C. The van der Waals surface area contributed by atoms with Crippen LogP contribution in [-0.2, 0) is 28.3 Å². The summed E-state index contributed by atoms with van der Waals surface area (Å²) in [6.07, 6.45) is 0. The van der Waals surface area contributed by atoms with E-state index < -0.39 is 18.6 Å². The Labute approximate surface area is 137 Å². The maximum atomic E-state index is 6.41. The first kappa shape index (κ1) is 21.6. The van der Waals surface area contributed by atoms with Crippen LogP contribution in [0.4, 0.5) is 0 Å². The molecule has 21 heavy (non-hydrogen) atoms. The molecule has 0 fully saturated rings. The van der Waals surface area contributed by atoms with Crippen LogP contribution < -0.4 is 3.72 Å². The van der Waals surface area contributed by atoms with Gasteiger partial charge >= 0.3 is 137 Å². The third-order valence-electron chi connectivity index (χ3n) is 1.65. The van der Waals surface area contributed by atoms with Crippen molar-refractivity contribution in [3.63, 3.8) is 0 Å². The van der Waals surface area contributed by atoms with Gasteiger partial charge in [-0.15, -0.1) is 0 Å². The molecule has 4 nitrogen and oxygen atoms in total. The van der Waals surface area contributed by atoms with E-state index >= 15 is 0 Å². The molecule has 0 aromatic heterocycles. The summed E-state index contributed by atoms with van der Waals surface area (Å²) in [4.78, 5) is 0. The van der Waals surface area contributed by atoms with Gasteiger partial charge < -0.3 is 0 Å². The van der Waals surface area contributed by atoms with Crippen molar-refractivity contribution in [3.05, 3.63) is 0 Å². The summed E-state index contributed by atoms with van der Waals surface area (Å²) in [7, 11) is 0. The predicted octanol–water partition coefficient (Wildman–Crippen LogP) is 4.63. The molecule has 5 heteroatoms. The van der Waals surface area contributed by atoms with Crippen molar-refractivity contribution < 1.29 is 28.3 Å². The Hall–Kier alpha value is 0.580. The minimum absolute atomic E-state index is 0.139. The molecule has 0 spiro atoms. The van der Waals surface area contributed by atoms with Crippen LogP contribution in [0.2, 0.25) is 0 Å². The van der Waals surface area contributed by atoms with Crippen molar-refractivity contribution in [1.82, 2.24) is 3.72 Å². The molecule has 0 aromatic rings. The summed E-state index contributed by atoms with van der Waals surface area (Å²) in [5.74, 6) is 0. The fraction of sp³-hybridized carbons (Fsp3) is 1.00. The predicted molar refractivity (Wildman–Crippen MR) is 85.4 cm³/mol. The normalized spacial score (nSPS) is 15.4. The quantitative estimate of drug-likeness (QED) is 0.648. The van der Waals surface area contributed by atoms with E-state index in [1.807, 2.05) is 62.3 Å². The van der Waals surface area contributed by atoms with E-state index in [1.165, 1.54) is 0 Å². The summed E-state index contributed by atoms with van der Waals surface area (Å²) in [6.45, 7) is 24.7. The van der Waals surface area contributed by atoms with Crippen LogP contribution >= 0.6 is 0 Å². The van der Waals surface area contributed by atoms with Gasteiger partial charge in [-0.25, -0.2) is 0 Å². The van der Waals surface area contributed by atoms with Crippen molar-refractivity contribution in [2.45, 2.75) is 105 Å². The molecule has 0 aliphatic heterocycles. The standard InChI is InChI=1S/C4H10N.3C4H9O.Ta/c4*1-4(2,3)5;/h5H,1-3H3;3*1-3H3;/q4*-1;+4. The average molecular weight is 472 g/mol. The molecule has 0 unspecified atom stereocenters. The van der Waals surface area contributed by atoms with Gasteiger partial charge in [-0.2, -0.15) is 0 Å². The van der Waals surface area contributed by atoms with Gasteiger partial charge in [-0.1, -0.05) is 0 Å². The molecule has 0 heterocycles. The summed E-state index contributed by atoms with van der Waals surface area (Å²) in [5.41, 5.74) is -1.12. The van der Waals surface area contributed by atoms with Crippen molar-refractivity contribution in [1.29, 1.82) is 0 Å². The second-order valence-electron chi connectivity index (χ2n) is 9.47. The number of hydrogen-bond acceptors (Lipinski definition) is 4. The molecule has 0 aromatic carbocycles. The van der Waals surface area contributed by atoms with E-state index in [4.69, 9.17) is 9.73 Å². The zero-order chi connectivity index (χ0) is 17.3. The minimum atomic E-state index is -4.06. The number of rotatable bonds is 4. The fourth-order valence-electron chi connectivity index (χ4n) is 1.62. The van der Waals surface area contributed by atoms with E-state index in [9.17, 15) is 0 Å². The molecule has 0 radical (unpaired) electrons. The molecule has 0 bridgehead atoms. The van der Waals surface area contributed by atoms with Crippen LogP contribution in [0.15, 0.2) is 0 Å². The Morgan fingerprint density at radius 2 is 0.762 bits per heavy atom. The first-order valence-electron chi connectivity index (χ1n) is 7.63. The van der Waals surface area contributed by atoms with Crippen LogP contribution in [-0.4, -0.2) is 22.3 Å². The van der Waals surface area contributed by atoms with Gasteiger partial charge in [-0.05, 0) is 0 Å². The first-order valence-corrected chi connectivity index (χ1v) is 13.2. The molecule has 129 valence electrons. The second-order valence-corrected chi connectivity index (χ2v) is 15.8. The third kappa shape index (κ3) is 11.8. The summed E-state index contributed by atoms with van der Waals surface area (Å²) < 4.78 is 22.8. The first-order chi connectivity index (χ1) is 8.83. The van der Waals surface area contributed by atoms with Crippen LogP contribution in [0.1, 0.15) is 83.1 Å². The Morgan fingerprint density at radius 1 is 0.524 bits per heavy atom. The van der Waals surface area contributed by atoms with E-state index in [1.54, 1.807) is 0 Å². The number of hydrogen-bond donors (Lipinski definition) is 1. The summed E-state index contributed by atoms with van der Waals surface area (Å²) >= 11 is -4.06. The van der Waals surface area contributed by atoms with Crippen LogP contribution in [0.5, 0.6) is 0 Å². The second kappa shape index (κ2) is 6.60. The van der Waals surface area contributed by atoms with Gasteiger partial charge in [0.2, 0.25) is 0 Å². The van der Waals surface area contributed by atoms with E-state index in [0.717, 1.165) is 0 Å².